The lowest BCUT2D eigenvalue weighted by molar-refractivity contribution is -0.384. The Labute approximate surface area is 172 Å². The van der Waals surface area contributed by atoms with Crippen LogP contribution in [-0.2, 0) is 0 Å². The van der Waals surface area contributed by atoms with Crippen molar-refractivity contribution >= 4 is 28.4 Å². The van der Waals surface area contributed by atoms with E-state index >= 15 is 0 Å². The molecule has 0 N–H and O–H groups in total. The molecule has 2 aromatic carbocycles. The van der Waals surface area contributed by atoms with Gasteiger partial charge in [-0.15, -0.1) is 0 Å². The minimum atomic E-state index is -1.07. The van der Waals surface area contributed by atoms with E-state index in [1.54, 1.807) is 13.0 Å². The first-order chi connectivity index (χ1) is 14.8. The Balaban J connectivity index is 1.83. The Morgan fingerprint density at radius 3 is 2.68 bits per heavy atom. The number of non-ortho nitro benzene ring substituents is 1. The lowest BCUT2D eigenvalue weighted by atomic mass is 9.98. The van der Waals surface area contributed by atoms with E-state index in [1.807, 2.05) is 0 Å². The first-order valence-corrected chi connectivity index (χ1v) is 9.12. The lowest BCUT2D eigenvalue weighted by Gasteiger charge is -2.22. The number of rotatable bonds is 3. The standard InChI is InChI=1S/C21H12FN3O6/c1-10-7-16(23-31-10)24-18(11-3-2-4-13(8-11)25(28)29)17-19(26)14-9-12(22)5-6-15(14)30-20(17)21(24)27/h2-9,18H,1H3. The Morgan fingerprint density at radius 1 is 1.16 bits per heavy atom. The SMILES string of the molecule is Cc1cc(N2C(=O)c3oc4ccc(F)cc4c(=O)c3C2c2cccc([N+](=O)[O-])c2)no1. The molecule has 0 spiro atoms. The summed E-state index contributed by atoms with van der Waals surface area (Å²) in [6, 6.07) is 9.40. The topological polar surface area (TPSA) is 120 Å². The van der Waals surface area contributed by atoms with Crippen molar-refractivity contribution in [3.05, 3.63) is 97.3 Å². The van der Waals surface area contributed by atoms with Crippen LogP contribution in [0.5, 0.6) is 0 Å². The summed E-state index contributed by atoms with van der Waals surface area (Å²) in [7, 11) is 0. The molecule has 0 aliphatic carbocycles. The molecule has 0 bridgehead atoms. The van der Waals surface area contributed by atoms with Crippen LogP contribution in [0.25, 0.3) is 11.0 Å². The minimum absolute atomic E-state index is 0.0415. The third-order valence-electron chi connectivity index (χ3n) is 5.09. The van der Waals surface area contributed by atoms with Crippen molar-refractivity contribution in [2.75, 3.05) is 4.90 Å². The number of carbonyl (C=O) groups excluding carboxylic acids is 1. The van der Waals surface area contributed by atoms with E-state index in [4.69, 9.17) is 8.94 Å². The summed E-state index contributed by atoms with van der Waals surface area (Å²) in [5.74, 6) is -1.01. The Bertz CT molecular complexity index is 1460. The molecule has 0 fully saturated rings. The molecule has 3 heterocycles. The third kappa shape index (κ3) is 2.80. The van der Waals surface area contributed by atoms with Gasteiger partial charge in [0.15, 0.2) is 11.2 Å². The van der Waals surface area contributed by atoms with Crippen molar-refractivity contribution in [2.24, 2.45) is 0 Å². The molecule has 1 atom stereocenters. The number of nitro benzene ring substituents is 1. The van der Waals surface area contributed by atoms with E-state index in [-0.39, 0.29) is 33.8 Å². The first kappa shape index (κ1) is 18.7. The maximum absolute atomic E-state index is 13.8. The van der Waals surface area contributed by atoms with E-state index in [2.05, 4.69) is 5.16 Å². The smallest absolute Gasteiger partial charge is 0.296 e. The quantitative estimate of drug-likeness (QED) is 0.364. The van der Waals surface area contributed by atoms with E-state index < -0.39 is 28.1 Å². The fourth-order valence-corrected chi connectivity index (χ4v) is 3.77. The number of fused-ring (bicyclic) bond motifs is 2. The molecule has 0 saturated carbocycles. The van der Waals surface area contributed by atoms with Gasteiger partial charge in [-0.25, -0.2) is 4.39 Å². The summed E-state index contributed by atoms with van der Waals surface area (Å²) in [4.78, 5) is 38.5. The number of amides is 1. The van der Waals surface area contributed by atoms with Gasteiger partial charge in [-0.05, 0) is 30.7 Å². The van der Waals surface area contributed by atoms with Gasteiger partial charge < -0.3 is 8.94 Å². The van der Waals surface area contributed by atoms with Gasteiger partial charge in [0.2, 0.25) is 5.76 Å². The van der Waals surface area contributed by atoms with Crippen molar-refractivity contribution < 1.29 is 23.0 Å². The van der Waals surface area contributed by atoms with Gasteiger partial charge in [-0.2, -0.15) is 0 Å². The second-order valence-corrected chi connectivity index (χ2v) is 7.04. The number of nitro groups is 1. The molecule has 154 valence electrons. The highest BCUT2D eigenvalue weighted by atomic mass is 19.1. The van der Waals surface area contributed by atoms with Crippen LogP contribution in [0.1, 0.15) is 33.5 Å². The Hall–Kier alpha value is -4.34. The van der Waals surface area contributed by atoms with Crippen molar-refractivity contribution in [1.29, 1.82) is 0 Å². The third-order valence-corrected chi connectivity index (χ3v) is 5.09. The Morgan fingerprint density at radius 2 is 1.97 bits per heavy atom. The van der Waals surface area contributed by atoms with Gasteiger partial charge >= 0.3 is 0 Å². The fraction of sp³-hybridized carbons (Fsp3) is 0.0952. The summed E-state index contributed by atoms with van der Waals surface area (Å²) in [5, 5.41) is 15.1. The number of nitrogens with zero attached hydrogens (tertiary/aromatic N) is 3. The Kier molecular flexibility index (Phi) is 3.97. The zero-order valence-electron chi connectivity index (χ0n) is 15.9. The maximum Gasteiger partial charge on any atom is 0.296 e. The second kappa shape index (κ2) is 6.59. The number of aromatic nitrogens is 1. The van der Waals surface area contributed by atoms with Crippen LogP contribution in [-0.4, -0.2) is 16.0 Å². The normalized spacial score (nSPS) is 15.5. The number of hydrogen-bond acceptors (Lipinski definition) is 7. The van der Waals surface area contributed by atoms with Crippen LogP contribution in [0.2, 0.25) is 0 Å². The monoisotopic (exact) mass is 421 g/mol. The average Bonchev–Trinajstić information content (AvgIpc) is 3.30. The molecule has 2 aromatic heterocycles. The molecule has 5 rings (SSSR count). The van der Waals surface area contributed by atoms with Gasteiger partial charge in [0.1, 0.15) is 17.2 Å². The van der Waals surface area contributed by atoms with Crippen molar-refractivity contribution in [3.8, 4) is 0 Å². The van der Waals surface area contributed by atoms with Crippen LogP contribution in [0.15, 0.2) is 62.3 Å². The van der Waals surface area contributed by atoms with Gasteiger partial charge in [-0.3, -0.25) is 24.6 Å². The van der Waals surface area contributed by atoms with E-state index in [1.165, 1.54) is 35.2 Å². The van der Waals surface area contributed by atoms with E-state index in [0.717, 1.165) is 12.1 Å². The van der Waals surface area contributed by atoms with Crippen LogP contribution >= 0.6 is 0 Å². The minimum Gasteiger partial charge on any atom is -0.450 e. The van der Waals surface area contributed by atoms with Crippen LogP contribution < -0.4 is 10.3 Å². The number of anilines is 1. The summed E-state index contributed by atoms with van der Waals surface area (Å²) >= 11 is 0. The lowest BCUT2D eigenvalue weighted by Crippen LogP contribution is -2.29. The number of halogens is 1. The van der Waals surface area contributed by atoms with Crippen LogP contribution in [0.4, 0.5) is 15.9 Å². The van der Waals surface area contributed by atoms with Crippen LogP contribution in [0.3, 0.4) is 0 Å². The molecule has 4 aromatic rings. The summed E-state index contributed by atoms with van der Waals surface area (Å²) < 4.78 is 24.6. The molecule has 1 unspecified atom stereocenters. The largest absolute Gasteiger partial charge is 0.450 e. The predicted octanol–water partition coefficient (Wildman–Crippen LogP) is 3.89. The molecule has 1 aliphatic rings. The molecule has 0 saturated heterocycles. The number of hydrogen-bond donors (Lipinski definition) is 0. The molecule has 1 amide bonds. The number of benzene rings is 2. The first-order valence-electron chi connectivity index (χ1n) is 9.12. The zero-order valence-corrected chi connectivity index (χ0v) is 15.9. The number of carbonyl (C=O) groups is 1. The zero-order chi connectivity index (χ0) is 21.9. The van der Waals surface area contributed by atoms with Crippen molar-refractivity contribution in [3.63, 3.8) is 0 Å². The molecule has 9 nitrogen and oxygen atoms in total. The summed E-state index contributed by atoms with van der Waals surface area (Å²) in [6.07, 6.45) is 0. The maximum atomic E-state index is 13.8. The second-order valence-electron chi connectivity index (χ2n) is 7.04. The van der Waals surface area contributed by atoms with Gasteiger partial charge in [0, 0.05) is 18.2 Å². The molecule has 0 radical (unpaired) electrons. The summed E-state index contributed by atoms with van der Waals surface area (Å²) in [6.45, 7) is 1.63. The molecule has 31 heavy (non-hydrogen) atoms. The van der Waals surface area contributed by atoms with Gasteiger partial charge in [0.25, 0.3) is 11.6 Å². The highest BCUT2D eigenvalue weighted by molar-refractivity contribution is 6.10. The molecule has 10 heteroatoms. The van der Waals surface area contributed by atoms with Crippen molar-refractivity contribution in [2.45, 2.75) is 13.0 Å². The van der Waals surface area contributed by atoms with E-state index in [0.29, 0.717) is 11.3 Å². The molecular formula is C21H12FN3O6. The van der Waals surface area contributed by atoms with Crippen molar-refractivity contribution in [1.82, 2.24) is 5.16 Å². The molecular weight excluding hydrogens is 409 g/mol. The fourth-order valence-electron chi connectivity index (χ4n) is 3.77. The number of aryl methyl sites for hydroxylation is 1. The predicted molar refractivity (Wildman–Crippen MR) is 105 cm³/mol. The van der Waals surface area contributed by atoms with Gasteiger partial charge in [0.05, 0.1) is 21.9 Å². The van der Waals surface area contributed by atoms with E-state index in [9.17, 15) is 24.1 Å². The summed E-state index contributed by atoms with van der Waals surface area (Å²) in [5.41, 5.74) is -0.530. The highest BCUT2D eigenvalue weighted by Gasteiger charge is 2.45. The molecule has 1 aliphatic heterocycles. The highest BCUT2D eigenvalue weighted by Crippen LogP contribution is 2.41. The van der Waals surface area contributed by atoms with Gasteiger partial charge in [-0.1, -0.05) is 17.3 Å². The average molecular weight is 421 g/mol. The van der Waals surface area contributed by atoms with Crippen LogP contribution in [0, 0.1) is 22.9 Å².